The number of rotatable bonds is 13. The molecule has 0 radical (unpaired) electrons. The predicted octanol–water partition coefficient (Wildman–Crippen LogP) is 6.31. The molecule has 0 atom stereocenters. The zero-order chi connectivity index (χ0) is 28.5. The second-order valence-corrected chi connectivity index (χ2v) is 10.3. The van der Waals surface area contributed by atoms with Crippen molar-refractivity contribution in [3.63, 3.8) is 0 Å². The molecular formula is C33H37N3O4. The molecule has 2 N–H and O–H groups in total. The number of carbonyl (C=O) groups is 3. The molecule has 208 valence electrons. The average molecular weight is 540 g/mol. The average Bonchev–Trinajstić information content (AvgIpc) is 3.31. The molecule has 0 saturated carbocycles. The number of anilines is 2. The zero-order valence-corrected chi connectivity index (χ0v) is 23.4. The number of nitrogens with zero attached hydrogens (tertiary/aromatic N) is 1. The molecule has 1 amide bonds. The molecule has 7 heteroatoms. The third-order valence-electron chi connectivity index (χ3n) is 6.58. The van der Waals surface area contributed by atoms with Gasteiger partial charge < -0.3 is 19.8 Å². The minimum atomic E-state index is -0.211. The number of hydrogen-bond acceptors (Lipinski definition) is 5. The molecule has 7 nitrogen and oxygen atoms in total. The van der Waals surface area contributed by atoms with Crippen LogP contribution in [-0.2, 0) is 27.2 Å². The highest BCUT2D eigenvalue weighted by atomic mass is 16.5. The van der Waals surface area contributed by atoms with Crippen LogP contribution in [0.25, 0.3) is 5.52 Å². The van der Waals surface area contributed by atoms with E-state index in [1.54, 1.807) is 25.1 Å². The van der Waals surface area contributed by atoms with Crippen LogP contribution in [0.15, 0.2) is 79.0 Å². The topological polar surface area (TPSA) is 88.9 Å². The fraction of sp³-hybridized carbons (Fsp3) is 0.303. The number of pyridine rings is 1. The molecule has 0 aliphatic heterocycles. The van der Waals surface area contributed by atoms with Gasteiger partial charge in [-0.3, -0.25) is 14.4 Å². The molecule has 0 aliphatic rings. The standard InChI is InChI=1S/C33H37N3O4/c1-4-40-32(38)13-8-11-28-21-29(30-12-5-6-18-36(28)30)33(39)25-9-7-10-27(20-25)34-22-31(37)35-26-16-14-24(15-17-26)19-23(2)3/h5-7,9-10,12,14-18,20-21,23,34H,4,8,11,13,19,22H2,1-3H3,(H,35,37). The lowest BCUT2D eigenvalue weighted by Crippen LogP contribution is -2.21. The van der Waals surface area contributed by atoms with Crippen LogP contribution in [0.1, 0.15) is 60.8 Å². The summed E-state index contributed by atoms with van der Waals surface area (Å²) in [5.41, 5.74) is 5.59. The molecule has 2 aromatic heterocycles. The molecule has 0 saturated heterocycles. The molecule has 4 aromatic rings. The van der Waals surface area contributed by atoms with Crippen molar-refractivity contribution in [2.24, 2.45) is 5.92 Å². The minimum Gasteiger partial charge on any atom is -0.466 e. The molecule has 40 heavy (non-hydrogen) atoms. The van der Waals surface area contributed by atoms with E-state index >= 15 is 0 Å². The first-order chi connectivity index (χ1) is 19.3. The van der Waals surface area contributed by atoms with Crippen LogP contribution in [0.3, 0.4) is 0 Å². The van der Waals surface area contributed by atoms with Gasteiger partial charge in [-0.2, -0.15) is 0 Å². The summed E-state index contributed by atoms with van der Waals surface area (Å²) >= 11 is 0. The maximum Gasteiger partial charge on any atom is 0.305 e. The summed E-state index contributed by atoms with van der Waals surface area (Å²) in [5.74, 6) is 0.0973. The number of carbonyl (C=O) groups excluding carboxylic acids is 3. The first-order valence-corrected chi connectivity index (χ1v) is 13.9. The van der Waals surface area contributed by atoms with E-state index in [9.17, 15) is 14.4 Å². The maximum absolute atomic E-state index is 13.6. The Bertz CT molecular complexity index is 1470. The Morgan fingerprint density at radius 1 is 0.925 bits per heavy atom. The SMILES string of the molecule is CCOC(=O)CCCc1cc(C(=O)c2cccc(NCC(=O)Nc3ccc(CC(C)C)cc3)c2)c2ccccn12. The smallest absolute Gasteiger partial charge is 0.305 e. The summed E-state index contributed by atoms with van der Waals surface area (Å²) in [6.07, 6.45) is 4.55. The van der Waals surface area contributed by atoms with Gasteiger partial charge in [0.15, 0.2) is 5.78 Å². The van der Waals surface area contributed by atoms with E-state index < -0.39 is 0 Å². The van der Waals surface area contributed by atoms with Gasteiger partial charge >= 0.3 is 5.97 Å². The molecule has 0 aliphatic carbocycles. The van der Waals surface area contributed by atoms with Gasteiger partial charge in [-0.1, -0.05) is 44.2 Å². The van der Waals surface area contributed by atoms with Crippen molar-refractivity contribution >= 4 is 34.6 Å². The summed E-state index contributed by atoms with van der Waals surface area (Å²) in [4.78, 5) is 37.8. The van der Waals surface area contributed by atoms with Gasteiger partial charge in [0, 0.05) is 40.8 Å². The third-order valence-corrected chi connectivity index (χ3v) is 6.58. The lowest BCUT2D eigenvalue weighted by molar-refractivity contribution is -0.143. The number of ketones is 1. The highest BCUT2D eigenvalue weighted by Gasteiger charge is 2.18. The lowest BCUT2D eigenvalue weighted by Gasteiger charge is -2.10. The van der Waals surface area contributed by atoms with E-state index in [0.29, 0.717) is 48.6 Å². The molecule has 4 rings (SSSR count). The van der Waals surface area contributed by atoms with E-state index in [1.807, 2.05) is 65.2 Å². The minimum absolute atomic E-state index is 0.0746. The van der Waals surface area contributed by atoms with Crippen molar-refractivity contribution in [3.8, 4) is 0 Å². The van der Waals surface area contributed by atoms with Crippen LogP contribution < -0.4 is 10.6 Å². The van der Waals surface area contributed by atoms with Gasteiger partial charge in [-0.25, -0.2) is 0 Å². The summed E-state index contributed by atoms with van der Waals surface area (Å²) in [7, 11) is 0. The van der Waals surface area contributed by atoms with Gasteiger partial charge in [-0.15, -0.1) is 0 Å². The van der Waals surface area contributed by atoms with Crippen LogP contribution in [0.4, 0.5) is 11.4 Å². The quantitative estimate of drug-likeness (QED) is 0.154. The van der Waals surface area contributed by atoms with Gasteiger partial charge in [0.05, 0.1) is 18.7 Å². The van der Waals surface area contributed by atoms with Crippen molar-refractivity contribution in [1.29, 1.82) is 0 Å². The number of fused-ring (bicyclic) bond motifs is 1. The molecule has 0 bridgehead atoms. The summed E-state index contributed by atoms with van der Waals surface area (Å²) < 4.78 is 7.03. The molecule has 0 spiro atoms. The summed E-state index contributed by atoms with van der Waals surface area (Å²) in [6, 6.07) is 22.8. The molecule has 2 aromatic carbocycles. The van der Waals surface area contributed by atoms with Crippen molar-refractivity contribution in [2.75, 3.05) is 23.8 Å². The number of amides is 1. The van der Waals surface area contributed by atoms with Crippen LogP contribution >= 0.6 is 0 Å². The largest absolute Gasteiger partial charge is 0.466 e. The van der Waals surface area contributed by atoms with Crippen LogP contribution in [0.2, 0.25) is 0 Å². The molecule has 0 unspecified atom stereocenters. The monoisotopic (exact) mass is 539 g/mol. The van der Waals surface area contributed by atoms with Crippen molar-refractivity contribution in [2.45, 2.75) is 46.5 Å². The molecule has 0 fully saturated rings. The number of esters is 1. The number of hydrogen-bond donors (Lipinski definition) is 2. The molecular weight excluding hydrogens is 502 g/mol. The van der Waals surface area contributed by atoms with Crippen LogP contribution in [-0.4, -0.2) is 35.2 Å². The number of benzene rings is 2. The Hall–Kier alpha value is -4.39. The normalized spacial score (nSPS) is 11.0. The highest BCUT2D eigenvalue weighted by molar-refractivity contribution is 6.14. The van der Waals surface area contributed by atoms with Crippen molar-refractivity contribution in [3.05, 3.63) is 101 Å². The fourth-order valence-electron chi connectivity index (χ4n) is 4.75. The Morgan fingerprint density at radius 2 is 1.73 bits per heavy atom. The Labute approximate surface area is 235 Å². The van der Waals surface area contributed by atoms with E-state index in [4.69, 9.17) is 4.74 Å². The highest BCUT2D eigenvalue weighted by Crippen LogP contribution is 2.23. The van der Waals surface area contributed by atoms with E-state index in [-0.39, 0.29) is 24.2 Å². The summed E-state index contributed by atoms with van der Waals surface area (Å²) in [5, 5.41) is 6.04. The van der Waals surface area contributed by atoms with Gasteiger partial charge in [0.2, 0.25) is 5.91 Å². The van der Waals surface area contributed by atoms with E-state index in [1.165, 1.54) is 5.56 Å². The van der Waals surface area contributed by atoms with Crippen LogP contribution in [0, 0.1) is 5.92 Å². The third kappa shape index (κ3) is 7.59. The van der Waals surface area contributed by atoms with Crippen molar-refractivity contribution < 1.29 is 19.1 Å². The second kappa shape index (κ2) is 13.6. The Morgan fingerprint density at radius 3 is 2.48 bits per heavy atom. The van der Waals surface area contributed by atoms with Gasteiger partial charge in [-0.05, 0) is 80.1 Å². The Balaban J connectivity index is 1.40. The number of ether oxygens (including phenoxy) is 1. The fourth-order valence-corrected chi connectivity index (χ4v) is 4.75. The number of aromatic nitrogens is 1. The zero-order valence-electron chi connectivity index (χ0n) is 23.4. The maximum atomic E-state index is 13.6. The lowest BCUT2D eigenvalue weighted by atomic mass is 10.0. The first-order valence-electron chi connectivity index (χ1n) is 13.9. The van der Waals surface area contributed by atoms with Crippen molar-refractivity contribution in [1.82, 2.24) is 4.40 Å². The number of aryl methyl sites for hydroxylation is 1. The summed E-state index contributed by atoms with van der Waals surface area (Å²) in [6.45, 7) is 6.60. The van der Waals surface area contributed by atoms with Crippen LogP contribution in [0.5, 0.6) is 0 Å². The first kappa shape index (κ1) is 28.6. The van der Waals surface area contributed by atoms with Gasteiger partial charge in [0.1, 0.15) is 0 Å². The number of nitrogens with one attached hydrogen (secondary N) is 2. The van der Waals surface area contributed by atoms with E-state index in [0.717, 1.165) is 23.3 Å². The predicted molar refractivity (Wildman–Crippen MR) is 159 cm³/mol. The van der Waals surface area contributed by atoms with Gasteiger partial charge in [0.25, 0.3) is 0 Å². The molecule has 2 heterocycles. The second-order valence-electron chi connectivity index (χ2n) is 10.3. The van der Waals surface area contributed by atoms with E-state index in [2.05, 4.69) is 24.5 Å². The Kier molecular flexibility index (Phi) is 9.73.